The fourth-order valence-electron chi connectivity index (χ4n) is 2.63. The summed E-state index contributed by atoms with van der Waals surface area (Å²) in [4.78, 5) is 11.5. The molecule has 0 aromatic heterocycles. The summed E-state index contributed by atoms with van der Waals surface area (Å²) >= 11 is 0. The molecule has 104 valence electrons. The standard InChI is InChI=1S/C11H18O7/c1-5-6(2)18-11(16-4)7(9(5,3)13)17-8(12)10(11,14)15/h5-7,13-15H,1-4H3. The highest BCUT2D eigenvalue weighted by Crippen LogP contribution is 2.50. The minimum absolute atomic E-state index is 0.382. The van der Waals surface area contributed by atoms with Crippen LogP contribution in [0.4, 0.5) is 0 Å². The summed E-state index contributed by atoms with van der Waals surface area (Å²) in [7, 11) is 1.16. The van der Waals surface area contributed by atoms with Gasteiger partial charge in [-0.05, 0) is 13.8 Å². The fourth-order valence-corrected chi connectivity index (χ4v) is 2.63. The zero-order valence-corrected chi connectivity index (χ0v) is 10.7. The van der Waals surface area contributed by atoms with E-state index < -0.39 is 35.4 Å². The number of esters is 1. The van der Waals surface area contributed by atoms with Crippen molar-refractivity contribution >= 4 is 5.97 Å². The van der Waals surface area contributed by atoms with Crippen LogP contribution in [0.3, 0.4) is 0 Å². The Morgan fingerprint density at radius 2 is 1.83 bits per heavy atom. The van der Waals surface area contributed by atoms with Crippen LogP contribution >= 0.6 is 0 Å². The molecule has 0 bridgehead atoms. The molecule has 2 aliphatic rings. The summed E-state index contributed by atoms with van der Waals surface area (Å²) in [5, 5.41) is 30.2. The molecule has 2 saturated heterocycles. The lowest BCUT2D eigenvalue weighted by molar-refractivity contribution is -0.410. The van der Waals surface area contributed by atoms with Crippen LogP contribution in [-0.4, -0.2) is 57.8 Å². The van der Waals surface area contributed by atoms with E-state index in [9.17, 15) is 20.1 Å². The van der Waals surface area contributed by atoms with Crippen molar-refractivity contribution in [2.45, 2.75) is 50.2 Å². The van der Waals surface area contributed by atoms with Crippen LogP contribution in [0.5, 0.6) is 0 Å². The quantitative estimate of drug-likeness (QED) is 0.400. The third-order valence-electron chi connectivity index (χ3n) is 4.16. The Morgan fingerprint density at radius 3 is 2.33 bits per heavy atom. The number of aliphatic hydroxyl groups is 3. The van der Waals surface area contributed by atoms with Gasteiger partial charge in [-0.25, -0.2) is 4.79 Å². The van der Waals surface area contributed by atoms with Gasteiger partial charge in [0.2, 0.25) is 0 Å². The number of carbonyl (C=O) groups is 1. The zero-order chi connectivity index (χ0) is 13.9. The number of carbonyl (C=O) groups excluding carboxylic acids is 1. The number of rotatable bonds is 1. The first-order valence-electron chi connectivity index (χ1n) is 5.72. The van der Waals surface area contributed by atoms with E-state index in [1.165, 1.54) is 6.92 Å². The molecule has 0 aromatic carbocycles. The Bertz CT molecular complexity index is 378. The minimum atomic E-state index is -2.95. The van der Waals surface area contributed by atoms with E-state index in [2.05, 4.69) is 0 Å². The second-order valence-electron chi connectivity index (χ2n) is 5.17. The maximum absolute atomic E-state index is 11.5. The molecular weight excluding hydrogens is 244 g/mol. The molecule has 0 aliphatic carbocycles. The van der Waals surface area contributed by atoms with Crippen LogP contribution in [0.2, 0.25) is 0 Å². The highest BCUT2D eigenvalue weighted by atomic mass is 16.8. The first kappa shape index (κ1) is 13.7. The van der Waals surface area contributed by atoms with Crippen molar-refractivity contribution in [1.82, 2.24) is 0 Å². The summed E-state index contributed by atoms with van der Waals surface area (Å²) in [5.41, 5.74) is -1.50. The fraction of sp³-hybridized carbons (Fsp3) is 0.909. The van der Waals surface area contributed by atoms with Gasteiger partial charge < -0.3 is 29.5 Å². The van der Waals surface area contributed by atoms with Gasteiger partial charge in [0.05, 0.1) is 6.10 Å². The second kappa shape index (κ2) is 3.64. The highest BCUT2D eigenvalue weighted by Gasteiger charge is 2.77. The smallest absolute Gasteiger partial charge is 0.373 e. The van der Waals surface area contributed by atoms with Gasteiger partial charge in [0.15, 0.2) is 6.10 Å². The summed E-state index contributed by atoms with van der Waals surface area (Å²) in [6.45, 7) is 4.81. The third-order valence-corrected chi connectivity index (χ3v) is 4.16. The summed E-state index contributed by atoms with van der Waals surface area (Å²) in [6, 6.07) is 0. The number of hydrogen-bond donors (Lipinski definition) is 3. The van der Waals surface area contributed by atoms with Gasteiger partial charge in [-0.1, -0.05) is 6.92 Å². The number of ether oxygens (including phenoxy) is 3. The Balaban J connectivity index is 2.56. The van der Waals surface area contributed by atoms with Gasteiger partial charge in [0.25, 0.3) is 5.79 Å². The number of hydrogen-bond acceptors (Lipinski definition) is 7. The predicted molar refractivity (Wildman–Crippen MR) is 57.1 cm³/mol. The van der Waals surface area contributed by atoms with Gasteiger partial charge in [0.1, 0.15) is 5.60 Å². The lowest BCUT2D eigenvalue weighted by Crippen LogP contribution is -2.72. The van der Waals surface area contributed by atoms with Crippen molar-refractivity contribution in [3.63, 3.8) is 0 Å². The average Bonchev–Trinajstić information content (AvgIpc) is 2.48. The molecule has 5 unspecified atom stereocenters. The molecular formula is C11H18O7. The maximum Gasteiger partial charge on any atom is 0.373 e. The van der Waals surface area contributed by atoms with Crippen molar-refractivity contribution in [3.05, 3.63) is 0 Å². The first-order valence-corrected chi connectivity index (χ1v) is 5.72. The molecule has 0 spiro atoms. The van der Waals surface area contributed by atoms with Crippen LogP contribution in [0.15, 0.2) is 0 Å². The van der Waals surface area contributed by atoms with Crippen LogP contribution < -0.4 is 0 Å². The van der Waals surface area contributed by atoms with Crippen LogP contribution in [-0.2, 0) is 19.0 Å². The number of methoxy groups -OCH3 is 1. The molecule has 2 heterocycles. The molecule has 0 saturated carbocycles. The summed E-state index contributed by atoms with van der Waals surface area (Å²) in [6.07, 6.45) is -1.87. The summed E-state index contributed by atoms with van der Waals surface area (Å²) in [5.74, 6) is -6.76. The first-order chi connectivity index (χ1) is 8.11. The summed E-state index contributed by atoms with van der Waals surface area (Å²) < 4.78 is 15.3. The topological polar surface area (TPSA) is 105 Å². The normalized spacial score (nSPS) is 50.8. The molecule has 5 atom stereocenters. The Morgan fingerprint density at radius 1 is 1.28 bits per heavy atom. The molecule has 7 nitrogen and oxygen atoms in total. The molecule has 2 rings (SSSR count). The number of fused-ring (bicyclic) bond motifs is 1. The zero-order valence-electron chi connectivity index (χ0n) is 10.7. The van der Waals surface area contributed by atoms with Gasteiger partial charge >= 0.3 is 11.8 Å². The molecule has 3 N–H and O–H groups in total. The van der Waals surface area contributed by atoms with Gasteiger partial charge in [-0.15, -0.1) is 0 Å². The largest absolute Gasteiger partial charge is 0.449 e. The van der Waals surface area contributed by atoms with Crippen molar-refractivity contribution in [3.8, 4) is 0 Å². The highest BCUT2D eigenvalue weighted by molar-refractivity contribution is 5.82. The Hall–Kier alpha value is -0.730. The maximum atomic E-state index is 11.5. The van der Waals surface area contributed by atoms with E-state index in [1.807, 2.05) is 0 Å². The van der Waals surface area contributed by atoms with Crippen molar-refractivity contribution in [1.29, 1.82) is 0 Å². The van der Waals surface area contributed by atoms with Crippen LogP contribution in [0, 0.1) is 5.92 Å². The van der Waals surface area contributed by atoms with Crippen LogP contribution in [0.25, 0.3) is 0 Å². The molecule has 0 aromatic rings. The van der Waals surface area contributed by atoms with E-state index >= 15 is 0 Å². The van der Waals surface area contributed by atoms with E-state index in [4.69, 9.17) is 14.2 Å². The van der Waals surface area contributed by atoms with E-state index in [-0.39, 0.29) is 5.92 Å². The monoisotopic (exact) mass is 262 g/mol. The van der Waals surface area contributed by atoms with E-state index in [0.29, 0.717) is 0 Å². The van der Waals surface area contributed by atoms with Crippen molar-refractivity contribution < 1.29 is 34.3 Å². The lowest BCUT2D eigenvalue weighted by atomic mass is 9.75. The molecule has 0 amide bonds. The van der Waals surface area contributed by atoms with Crippen molar-refractivity contribution in [2.24, 2.45) is 5.92 Å². The second-order valence-corrected chi connectivity index (χ2v) is 5.17. The van der Waals surface area contributed by atoms with Gasteiger partial charge in [0, 0.05) is 13.0 Å². The third kappa shape index (κ3) is 1.33. The molecule has 18 heavy (non-hydrogen) atoms. The predicted octanol–water partition coefficient (Wildman–Crippen LogP) is -1.26. The SMILES string of the molecule is COC12OC(C)C(C)C(C)(O)C1OC(=O)C2(O)O. The molecule has 7 heteroatoms. The average molecular weight is 262 g/mol. The Kier molecular flexibility index (Phi) is 2.77. The van der Waals surface area contributed by atoms with E-state index in [1.54, 1.807) is 13.8 Å². The van der Waals surface area contributed by atoms with Gasteiger partial charge in [-0.2, -0.15) is 0 Å². The van der Waals surface area contributed by atoms with E-state index in [0.717, 1.165) is 7.11 Å². The Labute approximate surface area is 104 Å². The molecule has 2 fully saturated rings. The molecule has 2 aliphatic heterocycles. The lowest BCUT2D eigenvalue weighted by Gasteiger charge is -2.51. The minimum Gasteiger partial charge on any atom is -0.449 e. The van der Waals surface area contributed by atoms with Crippen molar-refractivity contribution in [2.75, 3.05) is 7.11 Å². The van der Waals surface area contributed by atoms with Gasteiger partial charge in [-0.3, -0.25) is 0 Å². The van der Waals surface area contributed by atoms with Crippen LogP contribution in [0.1, 0.15) is 20.8 Å². The molecule has 0 radical (unpaired) electrons.